The van der Waals surface area contributed by atoms with Crippen molar-refractivity contribution in [2.45, 2.75) is 19.1 Å². The maximum Gasteiger partial charge on any atom is 0.416 e. The van der Waals surface area contributed by atoms with Crippen molar-refractivity contribution in [1.82, 2.24) is 4.90 Å². The van der Waals surface area contributed by atoms with Crippen molar-refractivity contribution >= 4 is 16.1 Å². The van der Waals surface area contributed by atoms with Gasteiger partial charge in [-0.2, -0.15) is 21.6 Å². The summed E-state index contributed by atoms with van der Waals surface area (Å²) in [6, 6.07) is 1.84. The van der Waals surface area contributed by atoms with E-state index in [2.05, 4.69) is 0 Å². The molecule has 1 fully saturated rings. The number of nitrogens with zero attached hydrogens (tertiary/aromatic N) is 1. The molecule has 10 heteroatoms. The van der Waals surface area contributed by atoms with Crippen LogP contribution in [0.4, 0.5) is 21.4 Å². The van der Waals surface area contributed by atoms with E-state index in [0.29, 0.717) is 18.2 Å². The van der Waals surface area contributed by atoms with E-state index in [-0.39, 0.29) is 18.5 Å². The van der Waals surface area contributed by atoms with Crippen LogP contribution in [-0.2, 0) is 27.7 Å². The third kappa shape index (κ3) is 4.63. The smallest absolute Gasteiger partial charge is 0.338 e. The van der Waals surface area contributed by atoms with Crippen molar-refractivity contribution in [3.05, 3.63) is 35.1 Å². The van der Waals surface area contributed by atoms with Gasteiger partial charge in [-0.25, -0.2) is 4.39 Å². The predicted octanol–water partition coefficient (Wildman–Crippen LogP) is 2.49. The maximum absolute atomic E-state index is 13.6. The zero-order valence-corrected chi connectivity index (χ0v) is 12.4. The van der Waals surface area contributed by atoms with Gasteiger partial charge in [0, 0.05) is 31.0 Å². The number of carbonyl (C=O) groups excluding carboxylic acids is 1. The molecule has 1 aromatic carbocycles. The number of hydrogen-bond donors (Lipinski definition) is 0. The maximum atomic E-state index is 13.6. The first kappa shape index (κ1) is 17.6. The molecule has 0 bridgehead atoms. The number of alkyl halides is 3. The van der Waals surface area contributed by atoms with Crippen LogP contribution in [0.15, 0.2) is 18.2 Å². The second-order valence-electron chi connectivity index (χ2n) is 5.35. The molecule has 23 heavy (non-hydrogen) atoms. The first-order chi connectivity index (χ1) is 10.5. The van der Waals surface area contributed by atoms with Crippen LogP contribution in [-0.4, -0.2) is 31.5 Å². The van der Waals surface area contributed by atoms with Gasteiger partial charge in [-0.3, -0.25) is 4.79 Å². The first-order valence-corrected chi connectivity index (χ1v) is 8.06. The fourth-order valence-electron chi connectivity index (χ4n) is 2.48. The van der Waals surface area contributed by atoms with Gasteiger partial charge in [0.25, 0.3) is 0 Å². The molecule has 0 aromatic heterocycles. The predicted molar refractivity (Wildman–Crippen MR) is 69.8 cm³/mol. The minimum absolute atomic E-state index is 0.155. The molecule has 4 nitrogen and oxygen atoms in total. The Labute approximate surface area is 129 Å². The molecule has 0 spiro atoms. The van der Waals surface area contributed by atoms with E-state index in [1.165, 1.54) is 0 Å². The molecule has 0 saturated carbocycles. The zero-order valence-electron chi connectivity index (χ0n) is 11.6. The second kappa shape index (κ2) is 6.06. The molecular formula is C13H12F5NO3S. The van der Waals surface area contributed by atoms with Crippen LogP contribution in [0.5, 0.6) is 0 Å². The summed E-state index contributed by atoms with van der Waals surface area (Å²) in [5, 5.41) is 0. The van der Waals surface area contributed by atoms with Gasteiger partial charge in [-0.05, 0) is 18.2 Å². The first-order valence-electron chi connectivity index (χ1n) is 6.51. The van der Waals surface area contributed by atoms with E-state index >= 15 is 0 Å². The van der Waals surface area contributed by atoms with Crippen molar-refractivity contribution in [2.75, 3.05) is 12.3 Å². The van der Waals surface area contributed by atoms with Gasteiger partial charge >= 0.3 is 16.4 Å². The Morgan fingerprint density at radius 2 is 1.91 bits per heavy atom. The second-order valence-corrected chi connectivity index (χ2v) is 6.76. The summed E-state index contributed by atoms with van der Waals surface area (Å²) in [6.45, 7) is -0.588. The van der Waals surface area contributed by atoms with E-state index in [1.54, 1.807) is 0 Å². The van der Waals surface area contributed by atoms with Gasteiger partial charge in [0.1, 0.15) is 5.82 Å². The summed E-state index contributed by atoms with van der Waals surface area (Å²) < 4.78 is 85.3. The standard InChI is InChI=1S/C13H12F5NO3S/c14-11-2-1-10(13(15,16)17)4-9(11)6-19-5-8(3-12(19)20)7-23(18,21)22/h1-2,4,8H,3,5-7H2. The van der Waals surface area contributed by atoms with Crippen LogP contribution in [0.25, 0.3) is 0 Å². The number of amides is 1. The van der Waals surface area contributed by atoms with Crippen molar-refractivity contribution in [1.29, 1.82) is 0 Å². The highest BCUT2D eigenvalue weighted by Crippen LogP contribution is 2.31. The van der Waals surface area contributed by atoms with Crippen LogP contribution in [0.3, 0.4) is 0 Å². The summed E-state index contributed by atoms with van der Waals surface area (Å²) >= 11 is 0. The Morgan fingerprint density at radius 3 is 2.48 bits per heavy atom. The van der Waals surface area contributed by atoms with Crippen LogP contribution in [0, 0.1) is 11.7 Å². The monoisotopic (exact) mass is 357 g/mol. The van der Waals surface area contributed by atoms with Gasteiger partial charge in [0.15, 0.2) is 0 Å². The summed E-state index contributed by atoms with van der Waals surface area (Å²) in [6.07, 6.45) is -4.90. The van der Waals surface area contributed by atoms with Crippen molar-refractivity contribution in [3.63, 3.8) is 0 Å². The SMILES string of the molecule is O=C1CC(CS(=O)(=O)F)CN1Cc1cc(C(F)(F)F)ccc1F. The molecule has 128 valence electrons. The molecule has 0 radical (unpaired) electrons. The minimum Gasteiger partial charge on any atom is -0.338 e. The zero-order chi connectivity index (χ0) is 17.4. The average Bonchev–Trinajstić information content (AvgIpc) is 2.68. The normalized spacial score (nSPS) is 19.4. The van der Waals surface area contributed by atoms with E-state index in [0.717, 1.165) is 4.90 Å². The highest BCUT2D eigenvalue weighted by molar-refractivity contribution is 7.86. The number of carbonyl (C=O) groups is 1. The fraction of sp³-hybridized carbons (Fsp3) is 0.462. The lowest BCUT2D eigenvalue weighted by atomic mass is 10.1. The molecule has 1 saturated heterocycles. The Balaban J connectivity index is 2.15. The van der Waals surface area contributed by atoms with Crippen LogP contribution < -0.4 is 0 Å². The fourth-order valence-corrected chi connectivity index (χ4v) is 3.26. The third-order valence-corrected chi connectivity index (χ3v) is 4.33. The van der Waals surface area contributed by atoms with Gasteiger partial charge < -0.3 is 4.90 Å². The van der Waals surface area contributed by atoms with Crippen molar-refractivity contribution in [2.24, 2.45) is 5.92 Å². The Bertz CT molecular complexity index is 717. The number of halogens is 5. The number of likely N-dealkylation sites (tertiary alicyclic amines) is 1. The number of hydrogen-bond acceptors (Lipinski definition) is 3. The highest BCUT2D eigenvalue weighted by Gasteiger charge is 2.34. The summed E-state index contributed by atoms with van der Waals surface area (Å²) in [5.41, 5.74) is -1.39. The quantitative estimate of drug-likeness (QED) is 0.615. The van der Waals surface area contributed by atoms with Crippen molar-refractivity contribution < 1.29 is 34.7 Å². The van der Waals surface area contributed by atoms with Gasteiger partial charge in [0.2, 0.25) is 5.91 Å². The molecule has 1 heterocycles. The molecule has 0 aliphatic carbocycles. The van der Waals surface area contributed by atoms with Gasteiger partial charge in [-0.1, -0.05) is 0 Å². The van der Waals surface area contributed by atoms with E-state index in [4.69, 9.17) is 0 Å². The lowest BCUT2D eigenvalue weighted by Crippen LogP contribution is -2.26. The lowest BCUT2D eigenvalue weighted by Gasteiger charge is -2.18. The van der Waals surface area contributed by atoms with Gasteiger partial charge in [0.05, 0.1) is 11.3 Å². The Morgan fingerprint density at radius 1 is 1.26 bits per heavy atom. The number of benzene rings is 1. The summed E-state index contributed by atoms with van der Waals surface area (Å²) in [5.74, 6) is -3.12. The molecule has 1 unspecified atom stereocenters. The Kier molecular flexibility index (Phi) is 4.65. The molecule has 2 rings (SSSR count). The highest BCUT2D eigenvalue weighted by atomic mass is 32.3. The third-order valence-electron chi connectivity index (χ3n) is 3.46. The van der Waals surface area contributed by atoms with Crippen LogP contribution in [0.2, 0.25) is 0 Å². The molecular weight excluding hydrogens is 345 g/mol. The Hall–Kier alpha value is -1.71. The van der Waals surface area contributed by atoms with Crippen LogP contribution >= 0.6 is 0 Å². The molecule has 1 aliphatic heterocycles. The average molecular weight is 357 g/mol. The minimum atomic E-state index is -4.76. The van der Waals surface area contributed by atoms with Crippen molar-refractivity contribution in [3.8, 4) is 0 Å². The summed E-state index contributed by atoms with van der Waals surface area (Å²) in [7, 11) is -4.76. The molecule has 1 amide bonds. The molecule has 0 N–H and O–H groups in total. The van der Waals surface area contributed by atoms with E-state index < -0.39 is 51.9 Å². The summed E-state index contributed by atoms with van der Waals surface area (Å²) in [4.78, 5) is 12.8. The van der Waals surface area contributed by atoms with E-state index in [1.807, 2.05) is 0 Å². The lowest BCUT2D eigenvalue weighted by molar-refractivity contribution is -0.137. The topological polar surface area (TPSA) is 54.5 Å². The molecule has 1 atom stereocenters. The molecule has 1 aromatic rings. The number of rotatable bonds is 4. The van der Waals surface area contributed by atoms with E-state index in [9.17, 15) is 34.7 Å². The van der Waals surface area contributed by atoms with Gasteiger partial charge in [-0.15, -0.1) is 3.89 Å². The van der Waals surface area contributed by atoms with Crippen LogP contribution in [0.1, 0.15) is 17.5 Å². The molecule has 1 aliphatic rings. The largest absolute Gasteiger partial charge is 0.416 e.